The largest absolute Gasteiger partial charge is 0.481 e. The van der Waals surface area contributed by atoms with E-state index in [0.717, 1.165) is 0 Å². The van der Waals surface area contributed by atoms with Crippen molar-refractivity contribution in [3.05, 3.63) is 6.92 Å². The van der Waals surface area contributed by atoms with Crippen LogP contribution in [0.25, 0.3) is 0 Å². The molecule has 0 aromatic heterocycles. The zero-order chi connectivity index (χ0) is 9.07. The predicted molar refractivity (Wildman–Crippen MR) is 38.0 cm³/mol. The highest BCUT2D eigenvalue weighted by atomic mass is 16.4. The third-order valence-electron chi connectivity index (χ3n) is 1.41. The molecule has 4 heteroatoms. The normalized spacial score (nSPS) is 11.1. The molecule has 63 valence electrons. The van der Waals surface area contributed by atoms with E-state index in [0.29, 0.717) is 0 Å². The lowest BCUT2D eigenvalue weighted by Gasteiger charge is -2.16. The van der Waals surface area contributed by atoms with Crippen molar-refractivity contribution in [1.29, 1.82) is 0 Å². The number of hydrogen-bond acceptors (Lipinski definition) is 2. The summed E-state index contributed by atoms with van der Waals surface area (Å²) in [5.74, 6) is -2.07. The lowest BCUT2D eigenvalue weighted by atomic mass is 9.88. The molecule has 0 rings (SSSR count). The van der Waals surface area contributed by atoms with E-state index in [1.54, 1.807) is 0 Å². The molecule has 0 fully saturated rings. The van der Waals surface area contributed by atoms with Crippen molar-refractivity contribution in [1.82, 2.24) is 0 Å². The van der Waals surface area contributed by atoms with Crippen LogP contribution in [-0.2, 0) is 9.59 Å². The fourth-order valence-corrected chi connectivity index (χ4v) is 0.490. The summed E-state index contributed by atoms with van der Waals surface area (Å²) in [6.07, 6.45) is -0.107. The fraction of sp³-hybridized carbons (Fsp3) is 0.571. The third-order valence-corrected chi connectivity index (χ3v) is 1.41. The first kappa shape index (κ1) is 9.94. The Balaban J connectivity index is 3.92. The summed E-state index contributed by atoms with van der Waals surface area (Å²) in [7, 11) is 0. The van der Waals surface area contributed by atoms with E-state index in [4.69, 9.17) is 10.2 Å². The van der Waals surface area contributed by atoms with Gasteiger partial charge >= 0.3 is 11.9 Å². The Bertz CT molecular complexity index is 171. The number of aliphatic carboxylic acids is 2. The van der Waals surface area contributed by atoms with Crippen LogP contribution in [0.5, 0.6) is 0 Å². The van der Waals surface area contributed by atoms with Gasteiger partial charge in [-0.25, -0.2) is 0 Å². The molecule has 0 aliphatic rings. The zero-order valence-electron chi connectivity index (χ0n) is 6.33. The highest BCUT2D eigenvalue weighted by Crippen LogP contribution is 2.21. The van der Waals surface area contributed by atoms with E-state index in [2.05, 4.69) is 6.92 Å². The minimum Gasteiger partial charge on any atom is -0.481 e. The van der Waals surface area contributed by atoms with Crippen molar-refractivity contribution in [2.24, 2.45) is 5.41 Å². The van der Waals surface area contributed by atoms with Gasteiger partial charge in [0.2, 0.25) is 0 Å². The standard InChI is InChI=1S/C7H11O4/c1-7(2,6(10)11)4-3-5(8)9/h1,3-4H2,2H3,(H,8,9)(H,10,11). The van der Waals surface area contributed by atoms with Crippen molar-refractivity contribution < 1.29 is 19.8 Å². The summed E-state index contributed by atoms with van der Waals surface area (Å²) >= 11 is 0. The van der Waals surface area contributed by atoms with Gasteiger partial charge in [0.15, 0.2) is 0 Å². The van der Waals surface area contributed by atoms with Crippen LogP contribution in [0.4, 0.5) is 0 Å². The van der Waals surface area contributed by atoms with Crippen LogP contribution < -0.4 is 0 Å². The summed E-state index contributed by atoms with van der Waals surface area (Å²) in [5, 5.41) is 16.7. The van der Waals surface area contributed by atoms with Gasteiger partial charge < -0.3 is 10.2 Å². The molecule has 0 saturated carbocycles. The molecule has 1 radical (unpaired) electrons. The van der Waals surface area contributed by atoms with Crippen LogP contribution in [-0.4, -0.2) is 22.2 Å². The highest BCUT2D eigenvalue weighted by Gasteiger charge is 2.27. The van der Waals surface area contributed by atoms with Crippen LogP contribution >= 0.6 is 0 Å². The molecule has 0 amide bonds. The first-order chi connectivity index (χ1) is 4.86. The van der Waals surface area contributed by atoms with Gasteiger partial charge in [-0.2, -0.15) is 0 Å². The van der Waals surface area contributed by atoms with Crippen molar-refractivity contribution >= 4 is 11.9 Å². The van der Waals surface area contributed by atoms with E-state index in [1.165, 1.54) is 6.92 Å². The number of rotatable bonds is 4. The fourth-order valence-electron chi connectivity index (χ4n) is 0.490. The second-order valence-corrected chi connectivity index (χ2v) is 2.76. The molecule has 0 bridgehead atoms. The number of carboxylic acids is 2. The van der Waals surface area contributed by atoms with Crippen molar-refractivity contribution in [2.45, 2.75) is 19.8 Å². The molecule has 0 aromatic carbocycles. The number of carbonyl (C=O) groups is 2. The molecule has 0 spiro atoms. The molecule has 11 heavy (non-hydrogen) atoms. The van der Waals surface area contributed by atoms with Crippen molar-refractivity contribution in [3.63, 3.8) is 0 Å². The maximum atomic E-state index is 10.4. The third kappa shape index (κ3) is 3.60. The van der Waals surface area contributed by atoms with E-state index < -0.39 is 17.4 Å². The monoisotopic (exact) mass is 159 g/mol. The molecule has 0 aromatic rings. The first-order valence-electron chi connectivity index (χ1n) is 3.17. The quantitative estimate of drug-likeness (QED) is 0.635. The molecular formula is C7H11O4. The lowest BCUT2D eigenvalue weighted by molar-refractivity contribution is -0.146. The van der Waals surface area contributed by atoms with Gasteiger partial charge in [0.05, 0.1) is 5.41 Å². The Kier molecular flexibility index (Phi) is 3.04. The summed E-state index contributed by atoms with van der Waals surface area (Å²) in [4.78, 5) is 20.4. The zero-order valence-corrected chi connectivity index (χ0v) is 6.33. The van der Waals surface area contributed by atoms with E-state index in [1.807, 2.05) is 0 Å². The molecule has 0 saturated heterocycles. The smallest absolute Gasteiger partial charge is 0.309 e. The van der Waals surface area contributed by atoms with Gasteiger partial charge in [-0.3, -0.25) is 9.59 Å². The Labute approximate surface area is 64.8 Å². The predicted octanol–water partition coefficient (Wildman–Crippen LogP) is 0.776. The summed E-state index contributed by atoms with van der Waals surface area (Å²) < 4.78 is 0. The van der Waals surface area contributed by atoms with Crippen LogP contribution in [0.1, 0.15) is 19.8 Å². The van der Waals surface area contributed by atoms with E-state index >= 15 is 0 Å². The van der Waals surface area contributed by atoms with Crippen molar-refractivity contribution in [3.8, 4) is 0 Å². The second kappa shape index (κ2) is 3.37. The second-order valence-electron chi connectivity index (χ2n) is 2.76. The Morgan fingerprint density at radius 3 is 2.18 bits per heavy atom. The minimum atomic E-state index is -1.18. The van der Waals surface area contributed by atoms with Crippen LogP contribution in [0.3, 0.4) is 0 Å². The molecule has 4 nitrogen and oxygen atoms in total. The van der Waals surface area contributed by atoms with Crippen LogP contribution in [0.2, 0.25) is 0 Å². The number of hydrogen-bond donors (Lipinski definition) is 2. The molecular weight excluding hydrogens is 148 g/mol. The van der Waals surface area contributed by atoms with Gasteiger partial charge in [0.1, 0.15) is 0 Å². The Morgan fingerprint density at radius 2 is 1.91 bits per heavy atom. The molecule has 2 N–H and O–H groups in total. The average Bonchev–Trinajstić information content (AvgIpc) is 1.84. The van der Waals surface area contributed by atoms with Crippen molar-refractivity contribution in [2.75, 3.05) is 0 Å². The van der Waals surface area contributed by atoms with Gasteiger partial charge in [-0.1, -0.05) is 0 Å². The SMILES string of the molecule is [CH2]C(C)(CCC(=O)O)C(=O)O. The molecule has 1 atom stereocenters. The molecule has 0 aliphatic carbocycles. The number of carboxylic acid groups (broad SMARTS) is 2. The van der Waals surface area contributed by atoms with E-state index in [-0.39, 0.29) is 12.8 Å². The first-order valence-corrected chi connectivity index (χ1v) is 3.17. The maximum absolute atomic E-state index is 10.4. The van der Waals surface area contributed by atoms with E-state index in [9.17, 15) is 9.59 Å². The molecule has 0 heterocycles. The summed E-state index contributed by atoms with van der Waals surface area (Å²) in [5.41, 5.74) is -1.18. The Hall–Kier alpha value is -1.06. The topological polar surface area (TPSA) is 74.6 Å². The minimum absolute atomic E-state index is 0.0532. The molecule has 1 unspecified atom stereocenters. The molecule has 0 aliphatic heterocycles. The van der Waals surface area contributed by atoms with Crippen LogP contribution in [0, 0.1) is 12.3 Å². The summed E-state index contributed by atoms with van der Waals surface area (Å²) in [6, 6.07) is 0. The van der Waals surface area contributed by atoms with Gasteiger partial charge in [-0.05, 0) is 20.3 Å². The average molecular weight is 159 g/mol. The Morgan fingerprint density at radius 1 is 1.45 bits per heavy atom. The van der Waals surface area contributed by atoms with Gasteiger partial charge in [0, 0.05) is 6.42 Å². The maximum Gasteiger partial charge on any atom is 0.309 e. The lowest BCUT2D eigenvalue weighted by Crippen LogP contribution is -2.24. The van der Waals surface area contributed by atoms with Crippen LogP contribution in [0.15, 0.2) is 0 Å². The van der Waals surface area contributed by atoms with Gasteiger partial charge in [0.25, 0.3) is 0 Å². The summed E-state index contributed by atoms with van der Waals surface area (Å²) in [6.45, 7) is 4.78. The van der Waals surface area contributed by atoms with Gasteiger partial charge in [-0.15, -0.1) is 0 Å². The highest BCUT2D eigenvalue weighted by molar-refractivity contribution is 5.76.